The van der Waals surface area contributed by atoms with Gasteiger partial charge in [0.1, 0.15) is 17.4 Å². The summed E-state index contributed by atoms with van der Waals surface area (Å²) in [6.07, 6.45) is 0.715. The van der Waals surface area contributed by atoms with Gasteiger partial charge in [-0.15, -0.1) is 0 Å². The van der Waals surface area contributed by atoms with Gasteiger partial charge in [0.05, 0.1) is 11.9 Å². The molecule has 0 aliphatic heterocycles. The van der Waals surface area contributed by atoms with E-state index in [4.69, 9.17) is 4.55 Å². The highest BCUT2D eigenvalue weighted by atomic mass is 32.2. The normalized spacial score (nSPS) is 10.4. The molecule has 0 radical (unpaired) electrons. The van der Waals surface area contributed by atoms with E-state index in [1.165, 1.54) is 0 Å². The van der Waals surface area contributed by atoms with E-state index in [9.17, 15) is 13.5 Å². The minimum Gasteiger partial charge on any atom is -0.507 e. The molecule has 0 aliphatic rings. The molecule has 1 heterocycles. The average Bonchev–Trinajstić information content (AvgIpc) is 2.60. The van der Waals surface area contributed by atoms with Gasteiger partial charge in [0.25, 0.3) is 10.1 Å². The molecule has 3 aromatic rings. The van der Waals surface area contributed by atoms with E-state index in [1.54, 1.807) is 6.07 Å². The van der Waals surface area contributed by atoms with Crippen molar-refractivity contribution in [1.29, 1.82) is 0 Å². The second-order valence-electron chi connectivity index (χ2n) is 5.67. The lowest BCUT2D eigenvalue weighted by atomic mass is 10.1. The first-order chi connectivity index (χ1) is 13.1. The van der Waals surface area contributed by atoms with Crippen molar-refractivity contribution in [2.75, 3.05) is 18.2 Å². The van der Waals surface area contributed by atoms with Crippen LogP contribution in [0.5, 0.6) is 5.75 Å². The molecule has 152 valence electrons. The van der Waals surface area contributed by atoms with Crippen molar-refractivity contribution in [3.05, 3.63) is 48.0 Å². The van der Waals surface area contributed by atoms with Gasteiger partial charge in [0.15, 0.2) is 0 Å². The summed E-state index contributed by atoms with van der Waals surface area (Å²) >= 11 is 0. The molecule has 0 spiro atoms. The van der Waals surface area contributed by atoms with Crippen LogP contribution in [0.4, 0.5) is 11.6 Å². The van der Waals surface area contributed by atoms with E-state index < -0.39 is 10.1 Å². The van der Waals surface area contributed by atoms with E-state index in [0.717, 1.165) is 16.5 Å². The van der Waals surface area contributed by atoms with Crippen LogP contribution in [0.15, 0.2) is 36.4 Å². The molecule has 0 saturated carbocycles. The third-order valence-corrected chi connectivity index (χ3v) is 3.37. The quantitative estimate of drug-likeness (QED) is 0.620. The highest BCUT2D eigenvalue weighted by Crippen LogP contribution is 2.35. The summed E-state index contributed by atoms with van der Waals surface area (Å²) in [7, 11) is -1.78. The summed E-state index contributed by atoms with van der Waals surface area (Å²) < 4.78 is 25.9. The summed E-state index contributed by atoms with van der Waals surface area (Å²) in [4.78, 5) is 14.8. The Morgan fingerprint density at radius 1 is 0.929 bits per heavy atom. The number of aromatic nitrogens is 3. The predicted octanol–water partition coefficient (Wildman–Crippen LogP) is 3.65. The zero-order chi connectivity index (χ0) is 21.5. The summed E-state index contributed by atoms with van der Waals surface area (Å²) in [5.41, 5.74) is 0.857. The number of anilines is 2. The molecule has 3 rings (SSSR count). The fourth-order valence-electron chi connectivity index (χ4n) is 2.44. The predicted molar refractivity (Wildman–Crippen MR) is 112 cm³/mol. The number of fused-ring (bicyclic) bond motifs is 1. The lowest BCUT2D eigenvalue weighted by molar-refractivity contribution is 0.481. The van der Waals surface area contributed by atoms with Crippen LogP contribution >= 0.6 is 0 Å². The number of hydrogen-bond acceptors (Lipinski definition) is 7. The minimum atomic E-state index is -3.67. The number of benzene rings is 2. The fourth-order valence-corrected chi connectivity index (χ4v) is 2.44. The molecular weight excluding hydrogens is 380 g/mol. The van der Waals surface area contributed by atoms with E-state index in [2.05, 4.69) is 15.0 Å². The number of aromatic hydroxyl groups is 1. The number of phenolic OH excluding ortho intramolecular Hbond substituents is 1. The molecule has 0 aliphatic carbocycles. The smallest absolute Gasteiger partial charge is 0.261 e. The Morgan fingerprint density at radius 3 is 1.89 bits per heavy atom. The summed E-state index contributed by atoms with van der Waals surface area (Å²) in [5.74, 6) is 2.16. The van der Waals surface area contributed by atoms with Crippen molar-refractivity contribution in [3.8, 4) is 5.75 Å². The zero-order valence-electron chi connectivity index (χ0n) is 16.9. The topological polar surface area (TPSA) is 117 Å². The Morgan fingerprint density at radius 2 is 1.39 bits per heavy atom. The fraction of sp³-hybridized carbons (Fsp3) is 0.316. The largest absolute Gasteiger partial charge is 0.507 e. The molecule has 2 aromatic carbocycles. The molecule has 0 saturated heterocycles. The Kier molecular flexibility index (Phi) is 8.27. The maximum atomic E-state index is 10.2. The van der Waals surface area contributed by atoms with Gasteiger partial charge in [-0.3, -0.25) is 4.55 Å². The number of hydrogen-bond donors (Lipinski definition) is 2. The molecule has 0 amide bonds. The van der Waals surface area contributed by atoms with Gasteiger partial charge in [-0.2, -0.15) is 18.4 Å². The maximum Gasteiger partial charge on any atom is 0.261 e. The van der Waals surface area contributed by atoms with E-state index in [1.807, 2.05) is 70.0 Å². The Balaban J connectivity index is 0.000000490. The first-order valence-electron chi connectivity index (χ1n) is 8.62. The highest BCUT2D eigenvalue weighted by molar-refractivity contribution is 7.85. The van der Waals surface area contributed by atoms with Crippen molar-refractivity contribution in [2.45, 2.75) is 27.7 Å². The van der Waals surface area contributed by atoms with Gasteiger partial charge in [0.2, 0.25) is 5.95 Å². The molecule has 0 bridgehead atoms. The third kappa shape index (κ3) is 6.75. The molecule has 9 heteroatoms. The summed E-state index contributed by atoms with van der Waals surface area (Å²) in [6, 6.07) is 11.3. The third-order valence-electron chi connectivity index (χ3n) is 3.37. The van der Waals surface area contributed by atoms with Crippen LogP contribution in [0.2, 0.25) is 0 Å². The second-order valence-corrected chi connectivity index (χ2v) is 7.14. The standard InChI is InChI=1S/C16H16N4O.C2H6.CH4O3S/c1-10-17-11(2)19-16(18-10)20(3)13-8-4-6-12-7-5-9-14(21)15(12)13;1-2;1-5(2,3)4/h4-9,21H,1-3H3;1-2H3;1H3,(H,2,3,4). The van der Waals surface area contributed by atoms with Crippen molar-refractivity contribution in [2.24, 2.45) is 0 Å². The zero-order valence-corrected chi connectivity index (χ0v) is 17.7. The monoisotopic (exact) mass is 406 g/mol. The molecule has 1 aromatic heterocycles. The van der Waals surface area contributed by atoms with Gasteiger partial charge < -0.3 is 10.0 Å². The van der Waals surface area contributed by atoms with Crippen LogP contribution in [-0.2, 0) is 10.1 Å². The van der Waals surface area contributed by atoms with Crippen molar-refractivity contribution < 1.29 is 18.1 Å². The van der Waals surface area contributed by atoms with Crippen LogP contribution < -0.4 is 4.90 Å². The van der Waals surface area contributed by atoms with Gasteiger partial charge in [-0.05, 0) is 31.4 Å². The second kappa shape index (κ2) is 9.95. The maximum absolute atomic E-state index is 10.2. The average molecular weight is 407 g/mol. The van der Waals surface area contributed by atoms with E-state index >= 15 is 0 Å². The van der Waals surface area contributed by atoms with E-state index in [-0.39, 0.29) is 5.75 Å². The van der Waals surface area contributed by atoms with Crippen molar-refractivity contribution in [1.82, 2.24) is 15.0 Å². The Bertz CT molecular complexity index is 1010. The lowest BCUT2D eigenvalue weighted by Crippen LogP contribution is -2.15. The molecule has 0 fully saturated rings. The molecular formula is C19H26N4O4S. The molecule has 0 atom stereocenters. The molecule has 0 unspecified atom stereocenters. The number of rotatable bonds is 2. The number of nitrogens with zero attached hydrogens (tertiary/aromatic N) is 4. The first kappa shape index (κ1) is 23.3. The Hall–Kier alpha value is -2.78. The van der Waals surface area contributed by atoms with Crippen LogP contribution in [0.3, 0.4) is 0 Å². The van der Waals surface area contributed by atoms with Crippen LogP contribution in [0, 0.1) is 13.8 Å². The van der Waals surface area contributed by atoms with Crippen molar-refractivity contribution >= 4 is 32.5 Å². The van der Waals surface area contributed by atoms with Gasteiger partial charge in [-0.25, -0.2) is 4.98 Å². The Labute approximate surface area is 165 Å². The van der Waals surface area contributed by atoms with Gasteiger partial charge in [-0.1, -0.05) is 38.1 Å². The van der Waals surface area contributed by atoms with E-state index in [0.29, 0.717) is 23.9 Å². The molecule has 8 nitrogen and oxygen atoms in total. The lowest BCUT2D eigenvalue weighted by Gasteiger charge is -2.20. The van der Waals surface area contributed by atoms with Gasteiger partial charge in [0, 0.05) is 12.4 Å². The first-order valence-corrected chi connectivity index (χ1v) is 10.5. The summed E-state index contributed by atoms with van der Waals surface area (Å²) in [5, 5.41) is 11.9. The molecule has 2 N–H and O–H groups in total. The highest BCUT2D eigenvalue weighted by Gasteiger charge is 2.14. The van der Waals surface area contributed by atoms with Crippen LogP contribution in [0.25, 0.3) is 10.8 Å². The SMILES string of the molecule is CC.CS(=O)(=O)O.Cc1nc(C)nc(N(C)c2cccc3cccc(O)c23)n1. The minimum absolute atomic E-state index is 0.248. The summed E-state index contributed by atoms with van der Waals surface area (Å²) in [6.45, 7) is 7.68. The van der Waals surface area contributed by atoms with Crippen LogP contribution in [0.1, 0.15) is 25.5 Å². The molecule has 28 heavy (non-hydrogen) atoms. The van der Waals surface area contributed by atoms with Crippen molar-refractivity contribution in [3.63, 3.8) is 0 Å². The van der Waals surface area contributed by atoms with Gasteiger partial charge >= 0.3 is 0 Å². The number of phenols is 1. The van der Waals surface area contributed by atoms with Crippen LogP contribution in [-0.4, -0.2) is 46.3 Å². The number of aryl methyl sites for hydroxylation is 2.